The summed E-state index contributed by atoms with van der Waals surface area (Å²) in [4.78, 5) is 25.9. The molecule has 1 heterocycles. The summed E-state index contributed by atoms with van der Waals surface area (Å²) in [5.74, 6) is -0.737. The summed E-state index contributed by atoms with van der Waals surface area (Å²) in [7, 11) is 0. The molecule has 0 saturated carbocycles. The molecule has 1 aromatic rings. The number of carbonyl (C=O) groups excluding carboxylic acids is 2. The van der Waals surface area contributed by atoms with Crippen LogP contribution in [0.25, 0.3) is 0 Å². The monoisotopic (exact) mass is 313 g/mol. The molecule has 0 spiro atoms. The lowest BCUT2D eigenvalue weighted by Gasteiger charge is -2.17. The third-order valence-corrected chi connectivity index (χ3v) is 3.54. The Hall–Kier alpha value is -2.81. The smallest absolute Gasteiger partial charge is 0.350 e. The van der Waals surface area contributed by atoms with E-state index in [2.05, 4.69) is 5.32 Å². The zero-order valence-electron chi connectivity index (χ0n) is 13.0. The Bertz CT molecular complexity index is 655. The molecule has 6 nitrogen and oxygen atoms in total. The minimum absolute atomic E-state index is 0.0476. The molecule has 0 atom stereocenters. The van der Waals surface area contributed by atoms with E-state index in [0.29, 0.717) is 11.3 Å². The standard InChI is InChI=1S/C17H19N3O3/c1-2-23-17(22)13(11-18)12-19-15-8-4-3-7-14(15)16(21)20-9-5-6-10-20/h3-4,7-8,12,19H,2,5-6,9-10H2,1H3/b13-12+. The fourth-order valence-electron chi connectivity index (χ4n) is 2.38. The van der Waals surface area contributed by atoms with Crippen molar-refractivity contribution in [2.75, 3.05) is 25.0 Å². The number of hydrogen-bond acceptors (Lipinski definition) is 5. The molecule has 120 valence electrons. The summed E-state index contributed by atoms with van der Waals surface area (Å²) in [5.41, 5.74) is 0.934. The molecule has 0 unspecified atom stereocenters. The van der Waals surface area contributed by atoms with E-state index >= 15 is 0 Å². The summed E-state index contributed by atoms with van der Waals surface area (Å²) in [6.07, 6.45) is 3.31. The fraction of sp³-hybridized carbons (Fsp3) is 0.353. The van der Waals surface area contributed by atoms with Crippen LogP contribution >= 0.6 is 0 Å². The highest BCUT2D eigenvalue weighted by atomic mass is 16.5. The molecule has 1 fully saturated rings. The Kier molecular flexibility index (Phi) is 5.75. The van der Waals surface area contributed by atoms with E-state index in [1.54, 1.807) is 42.2 Å². The number of para-hydroxylation sites is 1. The van der Waals surface area contributed by atoms with Crippen molar-refractivity contribution in [3.05, 3.63) is 41.6 Å². The lowest BCUT2D eigenvalue weighted by Crippen LogP contribution is -2.28. The maximum atomic E-state index is 12.5. The van der Waals surface area contributed by atoms with Crippen LogP contribution in [0.4, 0.5) is 5.69 Å². The van der Waals surface area contributed by atoms with Gasteiger partial charge in [0.15, 0.2) is 5.57 Å². The molecule has 0 bridgehead atoms. The summed E-state index contributed by atoms with van der Waals surface area (Å²) >= 11 is 0. The third kappa shape index (κ3) is 4.10. The minimum Gasteiger partial charge on any atom is -0.462 e. The Labute approximate surface area is 135 Å². The highest BCUT2D eigenvalue weighted by Gasteiger charge is 2.21. The van der Waals surface area contributed by atoms with Gasteiger partial charge < -0.3 is 15.0 Å². The first-order valence-electron chi connectivity index (χ1n) is 7.59. The number of esters is 1. The summed E-state index contributed by atoms with van der Waals surface area (Å²) < 4.78 is 4.80. The maximum Gasteiger partial charge on any atom is 0.350 e. The molecule has 1 aliphatic rings. The van der Waals surface area contributed by atoms with Gasteiger partial charge in [-0.25, -0.2) is 4.79 Å². The van der Waals surface area contributed by atoms with Crippen LogP contribution in [0, 0.1) is 11.3 Å². The highest BCUT2D eigenvalue weighted by molar-refractivity contribution is 6.00. The van der Waals surface area contributed by atoms with Crippen LogP contribution in [-0.2, 0) is 9.53 Å². The van der Waals surface area contributed by atoms with Crippen molar-refractivity contribution in [1.29, 1.82) is 5.26 Å². The second kappa shape index (κ2) is 7.99. The fourth-order valence-corrected chi connectivity index (χ4v) is 2.38. The summed E-state index contributed by atoms with van der Waals surface area (Å²) in [6, 6.07) is 8.83. The first-order chi connectivity index (χ1) is 11.2. The molecular formula is C17H19N3O3. The second-order valence-electron chi connectivity index (χ2n) is 5.08. The van der Waals surface area contributed by atoms with Gasteiger partial charge >= 0.3 is 5.97 Å². The van der Waals surface area contributed by atoms with Gasteiger partial charge in [-0.3, -0.25) is 4.79 Å². The molecule has 2 rings (SSSR count). The number of ether oxygens (including phenoxy) is 1. The predicted octanol–water partition coefficient (Wildman–Crippen LogP) is 2.31. The normalized spacial score (nSPS) is 14.3. The number of anilines is 1. The van der Waals surface area contributed by atoms with E-state index < -0.39 is 5.97 Å². The van der Waals surface area contributed by atoms with E-state index in [1.807, 2.05) is 0 Å². The van der Waals surface area contributed by atoms with Crippen molar-refractivity contribution in [3.63, 3.8) is 0 Å². The maximum absolute atomic E-state index is 12.5. The lowest BCUT2D eigenvalue weighted by molar-refractivity contribution is -0.138. The molecule has 1 aliphatic heterocycles. The molecule has 1 saturated heterocycles. The predicted molar refractivity (Wildman–Crippen MR) is 85.5 cm³/mol. The zero-order valence-corrected chi connectivity index (χ0v) is 13.0. The molecule has 1 aromatic carbocycles. The van der Waals surface area contributed by atoms with Crippen molar-refractivity contribution >= 4 is 17.6 Å². The molecule has 0 aromatic heterocycles. The van der Waals surface area contributed by atoms with Gasteiger partial charge in [0.05, 0.1) is 17.9 Å². The highest BCUT2D eigenvalue weighted by Crippen LogP contribution is 2.20. The molecule has 23 heavy (non-hydrogen) atoms. The summed E-state index contributed by atoms with van der Waals surface area (Å²) in [6.45, 7) is 3.39. The Morgan fingerprint density at radius 3 is 2.70 bits per heavy atom. The third-order valence-electron chi connectivity index (χ3n) is 3.54. The number of nitriles is 1. The van der Waals surface area contributed by atoms with Crippen molar-refractivity contribution < 1.29 is 14.3 Å². The van der Waals surface area contributed by atoms with Gasteiger partial charge in [0.2, 0.25) is 0 Å². The van der Waals surface area contributed by atoms with Crippen molar-refractivity contribution in [1.82, 2.24) is 4.90 Å². The molecule has 1 amide bonds. The van der Waals surface area contributed by atoms with Gasteiger partial charge in [-0.2, -0.15) is 5.26 Å². The van der Waals surface area contributed by atoms with Gasteiger partial charge in [-0.15, -0.1) is 0 Å². The van der Waals surface area contributed by atoms with Gasteiger partial charge in [0.25, 0.3) is 5.91 Å². The number of carbonyl (C=O) groups is 2. The van der Waals surface area contributed by atoms with Crippen LogP contribution < -0.4 is 5.32 Å². The van der Waals surface area contributed by atoms with Gasteiger partial charge in [0, 0.05) is 19.3 Å². The minimum atomic E-state index is -0.689. The second-order valence-corrected chi connectivity index (χ2v) is 5.08. The van der Waals surface area contributed by atoms with E-state index in [1.165, 1.54) is 6.20 Å². The van der Waals surface area contributed by atoms with E-state index in [9.17, 15) is 9.59 Å². The van der Waals surface area contributed by atoms with Crippen LogP contribution in [0.15, 0.2) is 36.0 Å². The molecule has 0 radical (unpaired) electrons. The quantitative estimate of drug-likeness (QED) is 0.512. The molecule has 0 aliphatic carbocycles. The number of likely N-dealkylation sites (tertiary alicyclic amines) is 1. The first kappa shape index (κ1) is 16.6. The van der Waals surface area contributed by atoms with Crippen molar-refractivity contribution in [2.24, 2.45) is 0 Å². The Morgan fingerprint density at radius 1 is 1.35 bits per heavy atom. The van der Waals surface area contributed by atoms with Gasteiger partial charge in [-0.1, -0.05) is 12.1 Å². The molecular weight excluding hydrogens is 294 g/mol. The Morgan fingerprint density at radius 2 is 2.04 bits per heavy atom. The first-order valence-corrected chi connectivity index (χ1v) is 7.59. The topological polar surface area (TPSA) is 82.4 Å². The van der Waals surface area contributed by atoms with Crippen LogP contribution in [0.2, 0.25) is 0 Å². The molecule has 1 N–H and O–H groups in total. The average molecular weight is 313 g/mol. The number of benzene rings is 1. The summed E-state index contributed by atoms with van der Waals surface area (Å²) in [5, 5.41) is 11.9. The van der Waals surface area contributed by atoms with Crippen LogP contribution in [0.5, 0.6) is 0 Å². The number of nitrogens with one attached hydrogen (secondary N) is 1. The molecule has 6 heteroatoms. The number of rotatable bonds is 5. The average Bonchev–Trinajstić information content (AvgIpc) is 3.10. The van der Waals surface area contributed by atoms with Gasteiger partial charge in [-0.05, 0) is 31.9 Å². The van der Waals surface area contributed by atoms with E-state index in [-0.39, 0.29) is 18.1 Å². The van der Waals surface area contributed by atoms with E-state index in [4.69, 9.17) is 10.00 Å². The largest absolute Gasteiger partial charge is 0.462 e. The van der Waals surface area contributed by atoms with Crippen LogP contribution in [0.3, 0.4) is 0 Å². The van der Waals surface area contributed by atoms with E-state index in [0.717, 1.165) is 25.9 Å². The number of amides is 1. The zero-order chi connectivity index (χ0) is 16.7. The number of hydrogen-bond donors (Lipinski definition) is 1. The Balaban J connectivity index is 2.18. The number of nitrogens with zero attached hydrogens (tertiary/aromatic N) is 2. The van der Waals surface area contributed by atoms with Crippen LogP contribution in [-0.4, -0.2) is 36.5 Å². The van der Waals surface area contributed by atoms with Crippen molar-refractivity contribution in [3.8, 4) is 6.07 Å². The lowest BCUT2D eigenvalue weighted by atomic mass is 10.1. The van der Waals surface area contributed by atoms with Crippen LogP contribution in [0.1, 0.15) is 30.1 Å². The van der Waals surface area contributed by atoms with Gasteiger partial charge in [0.1, 0.15) is 6.07 Å². The SMILES string of the molecule is CCOC(=O)/C(C#N)=C/Nc1ccccc1C(=O)N1CCCC1. The van der Waals surface area contributed by atoms with Crippen molar-refractivity contribution in [2.45, 2.75) is 19.8 Å².